The predicted molar refractivity (Wildman–Crippen MR) is 67.5 cm³/mol. The van der Waals surface area contributed by atoms with Crippen molar-refractivity contribution < 1.29 is 9.21 Å². The molecule has 4 nitrogen and oxygen atoms in total. The van der Waals surface area contributed by atoms with Crippen molar-refractivity contribution in [3.8, 4) is 0 Å². The summed E-state index contributed by atoms with van der Waals surface area (Å²) in [5, 5.41) is 5.07. The molecule has 2 aromatic heterocycles. The Balaban J connectivity index is 1.92. The van der Waals surface area contributed by atoms with Crippen molar-refractivity contribution in [2.75, 3.05) is 0 Å². The maximum absolute atomic E-state index is 12.2. The molecule has 0 N–H and O–H groups in total. The number of carbonyl (C=O) groups excluding carboxylic acids is 1. The van der Waals surface area contributed by atoms with Gasteiger partial charge in [-0.15, -0.1) is 0 Å². The molecular formula is C14H12N2O2. The Kier molecular flexibility index (Phi) is 2.48. The molecule has 0 unspecified atom stereocenters. The molecule has 0 amide bonds. The van der Waals surface area contributed by atoms with E-state index in [2.05, 4.69) is 5.10 Å². The number of benzene rings is 1. The molecule has 0 aliphatic rings. The van der Waals surface area contributed by atoms with Crippen LogP contribution in [-0.2, 0) is 13.5 Å². The van der Waals surface area contributed by atoms with E-state index in [1.807, 2.05) is 43.6 Å². The zero-order valence-corrected chi connectivity index (χ0v) is 9.96. The van der Waals surface area contributed by atoms with Crippen LogP contribution in [0.25, 0.3) is 11.0 Å². The van der Waals surface area contributed by atoms with Gasteiger partial charge in [0.15, 0.2) is 5.78 Å². The van der Waals surface area contributed by atoms with Gasteiger partial charge >= 0.3 is 0 Å². The van der Waals surface area contributed by atoms with Crippen molar-refractivity contribution in [2.45, 2.75) is 6.42 Å². The smallest absolute Gasteiger partial charge is 0.172 e. The Morgan fingerprint density at radius 1 is 1.33 bits per heavy atom. The van der Waals surface area contributed by atoms with Crippen LogP contribution >= 0.6 is 0 Å². The van der Waals surface area contributed by atoms with E-state index in [1.165, 1.54) is 6.26 Å². The summed E-state index contributed by atoms with van der Waals surface area (Å²) in [6.45, 7) is 0. The normalized spacial score (nSPS) is 10.9. The summed E-state index contributed by atoms with van der Waals surface area (Å²) >= 11 is 0. The zero-order chi connectivity index (χ0) is 12.5. The van der Waals surface area contributed by atoms with Gasteiger partial charge in [0.05, 0.1) is 17.7 Å². The number of fused-ring (bicyclic) bond motifs is 1. The fraction of sp³-hybridized carbons (Fsp3) is 0.143. The molecule has 0 bridgehead atoms. The SMILES string of the molecule is Cn1ccc(CC(=O)c2coc3ccccc23)n1. The number of aryl methyl sites for hydroxylation is 1. The minimum atomic E-state index is 0.0265. The monoisotopic (exact) mass is 240 g/mol. The summed E-state index contributed by atoms with van der Waals surface area (Å²) in [5.74, 6) is 0.0265. The van der Waals surface area contributed by atoms with E-state index >= 15 is 0 Å². The summed E-state index contributed by atoms with van der Waals surface area (Å²) in [5.41, 5.74) is 2.13. The number of hydrogen-bond acceptors (Lipinski definition) is 3. The standard InChI is InChI=1S/C14H12N2O2/c1-16-7-6-10(15-16)8-13(17)12-9-18-14-5-3-2-4-11(12)14/h2-7,9H,8H2,1H3. The zero-order valence-electron chi connectivity index (χ0n) is 9.96. The van der Waals surface area contributed by atoms with Gasteiger partial charge in [-0.05, 0) is 12.1 Å². The lowest BCUT2D eigenvalue weighted by molar-refractivity contribution is 0.0992. The van der Waals surface area contributed by atoms with E-state index in [0.717, 1.165) is 16.7 Å². The van der Waals surface area contributed by atoms with Gasteiger partial charge in [0, 0.05) is 18.6 Å². The second-order valence-electron chi connectivity index (χ2n) is 4.23. The van der Waals surface area contributed by atoms with Gasteiger partial charge in [-0.3, -0.25) is 9.48 Å². The number of furan rings is 1. The number of ketones is 1. The van der Waals surface area contributed by atoms with Crippen molar-refractivity contribution in [2.24, 2.45) is 7.05 Å². The average Bonchev–Trinajstić information content (AvgIpc) is 2.95. The summed E-state index contributed by atoms with van der Waals surface area (Å²) in [7, 11) is 1.83. The molecular weight excluding hydrogens is 228 g/mol. The van der Waals surface area contributed by atoms with Gasteiger partial charge < -0.3 is 4.42 Å². The van der Waals surface area contributed by atoms with Gasteiger partial charge in [-0.2, -0.15) is 5.10 Å². The van der Waals surface area contributed by atoms with Gasteiger partial charge in [-0.25, -0.2) is 0 Å². The highest BCUT2D eigenvalue weighted by atomic mass is 16.3. The molecule has 0 atom stereocenters. The molecule has 1 aromatic carbocycles. The van der Waals surface area contributed by atoms with E-state index in [0.29, 0.717) is 12.0 Å². The molecule has 4 heteroatoms. The number of para-hydroxylation sites is 1. The maximum atomic E-state index is 12.2. The topological polar surface area (TPSA) is 48.0 Å². The quantitative estimate of drug-likeness (QED) is 0.661. The maximum Gasteiger partial charge on any atom is 0.172 e. The lowest BCUT2D eigenvalue weighted by Gasteiger charge is -1.95. The van der Waals surface area contributed by atoms with Crippen LogP contribution in [0.4, 0.5) is 0 Å². The third-order valence-electron chi connectivity index (χ3n) is 2.89. The van der Waals surface area contributed by atoms with Crippen LogP contribution in [0.15, 0.2) is 47.2 Å². The van der Waals surface area contributed by atoms with Crippen LogP contribution in [0.1, 0.15) is 16.1 Å². The molecule has 0 fully saturated rings. The first-order valence-corrected chi connectivity index (χ1v) is 5.72. The Hall–Kier alpha value is -2.36. The van der Waals surface area contributed by atoms with Crippen LogP contribution < -0.4 is 0 Å². The van der Waals surface area contributed by atoms with Gasteiger partial charge in [0.25, 0.3) is 0 Å². The van der Waals surface area contributed by atoms with Gasteiger partial charge in [0.2, 0.25) is 0 Å². The molecule has 18 heavy (non-hydrogen) atoms. The van der Waals surface area contributed by atoms with Crippen molar-refractivity contribution >= 4 is 16.8 Å². The van der Waals surface area contributed by atoms with Gasteiger partial charge in [0.1, 0.15) is 11.8 Å². The highest BCUT2D eigenvalue weighted by Crippen LogP contribution is 2.21. The van der Waals surface area contributed by atoms with Crippen molar-refractivity contribution in [3.05, 3.63) is 54.0 Å². The molecule has 3 rings (SSSR count). The fourth-order valence-electron chi connectivity index (χ4n) is 2.01. The number of Topliss-reactive ketones (excluding diaryl/α,β-unsaturated/α-hetero) is 1. The Labute approximate surface area is 104 Å². The molecule has 0 spiro atoms. The second kappa shape index (κ2) is 4.14. The molecule has 3 aromatic rings. The molecule has 0 aliphatic carbocycles. The Morgan fingerprint density at radius 2 is 2.17 bits per heavy atom. The number of carbonyl (C=O) groups is 1. The van der Waals surface area contributed by atoms with Crippen molar-refractivity contribution in [1.29, 1.82) is 0 Å². The van der Waals surface area contributed by atoms with E-state index < -0.39 is 0 Å². The van der Waals surface area contributed by atoms with Crippen LogP contribution in [0.2, 0.25) is 0 Å². The Morgan fingerprint density at radius 3 is 2.94 bits per heavy atom. The number of hydrogen-bond donors (Lipinski definition) is 0. The number of nitrogens with zero attached hydrogens (tertiary/aromatic N) is 2. The lowest BCUT2D eigenvalue weighted by Crippen LogP contribution is -2.03. The molecule has 0 radical (unpaired) electrons. The molecule has 0 aliphatic heterocycles. The number of aromatic nitrogens is 2. The minimum Gasteiger partial charge on any atom is -0.464 e. The van der Waals surface area contributed by atoms with E-state index in [9.17, 15) is 4.79 Å². The van der Waals surface area contributed by atoms with Crippen LogP contribution in [0.3, 0.4) is 0 Å². The highest BCUT2D eigenvalue weighted by molar-refractivity contribution is 6.07. The molecule has 90 valence electrons. The summed E-state index contributed by atoms with van der Waals surface area (Å²) in [6, 6.07) is 9.38. The third-order valence-corrected chi connectivity index (χ3v) is 2.89. The third kappa shape index (κ3) is 1.82. The average molecular weight is 240 g/mol. The van der Waals surface area contributed by atoms with Gasteiger partial charge in [-0.1, -0.05) is 18.2 Å². The fourth-order valence-corrected chi connectivity index (χ4v) is 2.01. The molecule has 0 saturated heterocycles. The number of rotatable bonds is 3. The van der Waals surface area contributed by atoms with Crippen molar-refractivity contribution in [1.82, 2.24) is 9.78 Å². The highest BCUT2D eigenvalue weighted by Gasteiger charge is 2.14. The second-order valence-corrected chi connectivity index (χ2v) is 4.23. The van der Waals surface area contributed by atoms with E-state index in [-0.39, 0.29) is 5.78 Å². The summed E-state index contributed by atoms with van der Waals surface area (Å²) in [6.07, 6.45) is 3.65. The van der Waals surface area contributed by atoms with E-state index in [4.69, 9.17) is 4.42 Å². The van der Waals surface area contributed by atoms with Crippen LogP contribution in [0, 0.1) is 0 Å². The minimum absolute atomic E-state index is 0.0265. The first-order valence-electron chi connectivity index (χ1n) is 5.72. The van der Waals surface area contributed by atoms with Crippen molar-refractivity contribution in [3.63, 3.8) is 0 Å². The summed E-state index contributed by atoms with van der Waals surface area (Å²) < 4.78 is 7.06. The summed E-state index contributed by atoms with van der Waals surface area (Å²) in [4.78, 5) is 12.2. The largest absolute Gasteiger partial charge is 0.464 e. The van der Waals surface area contributed by atoms with Crippen LogP contribution in [-0.4, -0.2) is 15.6 Å². The molecule has 0 saturated carbocycles. The predicted octanol–water partition coefficient (Wildman–Crippen LogP) is 2.59. The first-order chi connectivity index (χ1) is 8.74. The van der Waals surface area contributed by atoms with Crippen LogP contribution in [0.5, 0.6) is 0 Å². The Bertz CT molecular complexity index is 709. The molecule has 2 heterocycles. The van der Waals surface area contributed by atoms with E-state index in [1.54, 1.807) is 4.68 Å². The lowest BCUT2D eigenvalue weighted by atomic mass is 10.1. The first kappa shape index (κ1) is 10.8.